The van der Waals surface area contributed by atoms with Gasteiger partial charge in [-0.3, -0.25) is 4.79 Å². The second-order valence-corrected chi connectivity index (χ2v) is 4.51. The summed E-state index contributed by atoms with van der Waals surface area (Å²) in [4.78, 5) is 11.9. The molecule has 1 heterocycles. The standard InChI is InChI=1S/C13H18N2O/c1-9-6-10(2)8-11(7-9)15-13(16)12-4-3-5-14-12/h6-8,12,14H,3-5H2,1-2H3,(H,15,16)/t12-/m0/s1. The third-order valence-electron chi connectivity index (χ3n) is 2.87. The van der Waals surface area contributed by atoms with Gasteiger partial charge in [-0.1, -0.05) is 6.07 Å². The van der Waals surface area contributed by atoms with Crippen molar-refractivity contribution in [1.29, 1.82) is 0 Å². The summed E-state index contributed by atoms with van der Waals surface area (Å²) in [5.41, 5.74) is 3.25. The van der Waals surface area contributed by atoms with Crippen molar-refractivity contribution in [2.75, 3.05) is 11.9 Å². The molecule has 0 saturated carbocycles. The molecular formula is C13H18N2O. The summed E-state index contributed by atoms with van der Waals surface area (Å²) in [6.07, 6.45) is 2.03. The Bertz CT molecular complexity index is 375. The van der Waals surface area contributed by atoms with Crippen LogP contribution in [0, 0.1) is 13.8 Å². The summed E-state index contributed by atoms with van der Waals surface area (Å²) in [5, 5.41) is 6.16. The molecule has 2 N–H and O–H groups in total. The lowest BCUT2D eigenvalue weighted by atomic mass is 10.1. The van der Waals surface area contributed by atoms with Crippen molar-refractivity contribution in [2.24, 2.45) is 0 Å². The molecule has 0 bridgehead atoms. The largest absolute Gasteiger partial charge is 0.325 e. The number of benzene rings is 1. The highest BCUT2D eigenvalue weighted by Crippen LogP contribution is 2.15. The lowest BCUT2D eigenvalue weighted by molar-refractivity contribution is -0.117. The van der Waals surface area contributed by atoms with Gasteiger partial charge in [-0.25, -0.2) is 0 Å². The number of aryl methyl sites for hydroxylation is 2. The van der Waals surface area contributed by atoms with Crippen molar-refractivity contribution in [3.8, 4) is 0 Å². The van der Waals surface area contributed by atoms with Crippen LogP contribution in [0.5, 0.6) is 0 Å². The van der Waals surface area contributed by atoms with Crippen LogP contribution in [0.1, 0.15) is 24.0 Å². The van der Waals surface area contributed by atoms with E-state index in [1.807, 2.05) is 26.0 Å². The van der Waals surface area contributed by atoms with E-state index in [1.54, 1.807) is 0 Å². The highest BCUT2D eigenvalue weighted by Gasteiger charge is 2.21. The highest BCUT2D eigenvalue weighted by molar-refractivity contribution is 5.95. The minimum absolute atomic E-state index is 0.0131. The Morgan fingerprint density at radius 2 is 2.00 bits per heavy atom. The molecule has 1 aromatic carbocycles. The molecule has 86 valence electrons. The Morgan fingerprint density at radius 1 is 1.31 bits per heavy atom. The van der Waals surface area contributed by atoms with Gasteiger partial charge in [0.1, 0.15) is 0 Å². The maximum absolute atomic E-state index is 11.9. The first-order chi connectivity index (χ1) is 7.65. The van der Waals surface area contributed by atoms with Gasteiger partial charge in [0.15, 0.2) is 0 Å². The van der Waals surface area contributed by atoms with Crippen LogP contribution in [0.2, 0.25) is 0 Å². The van der Waals surface area contributed by atoms with Gasteiger partial charge in [0.25, 0.3) is 0 Å². The molecule has 1 aromatic rings. The van der Waals surface area contributed by atoms with E-state index in [4.69, 9.17) is 0 Å². The van der Waals surface area contributed by atoms with Gasteiger partial charge in [-0.05, 0) is 56.5 Å². The van der Waals surface area contributed by atoms with Gasteiger partial charge in [0, 0.05) is 5.69 Å². The highest BCUT2D eigenvalue weighted by atomic mass is 16.2. The van der Waals surface area contributed by atoms with Gasteiger partial charge in [-0.2, -0.15) is 0 Å². The zero-order valence-corrected chi connectivity index (χ0v) is 9.84. The normalized spacial score (nSPS) is 19.8. The summed E-state index contributed by atoms with van der Waals surface area (Å²) in [6.45, 7) is 5.03. The van der Waals surface area contributed by atoms with E-state index in [0.717, 1.165) is 25.1 Å². The van der Waals surface area contributed by atoms with Crippen LogP contribution in [-0.4, -0.2) is 18.5 Å². The van der Waals surface area contributed by atoms with Crippen molar-refractivity contribution >= 4 is 11.6 Å². The Balaban J connectivity index is 2.05. The topological polar surface area (TPSA) is 41.1 Å². The number of hydrogen-bond donors (Lipinski definition) is 2. The molecule has 0 unspecified atom stereocenters. The maximum atomic E-state index is 11.9. The number of carbonyl (C=O) groups is 1. The predicted molar refractivity (Wildman–Crippen MR) is 65.6 cm³/mol. The van der Waals surface area contributed by atoms with E-state index in [9.17, 15) is 4.79 Å². The Morgan fingerprint density at radius 3 is 2.56 bits per heavy atom. The minimum atomic E-state index is -0.0131. The summed E-state index contributed by atoms with van der Waals surface area (Å²) >= 11 is 0. The van der Waals surface area contributed by atoms with E-state index in [1.165, 1.54) is 11.1 Å². The fourth-order valence-corrected chi connectivity index (χ4v) is 2.18. The molecule has 1 aliphatic rings. The van der Waals surface area contributed by atoms with Crippen LogP contribution in [0.25, 0.3) is 0 Å². The molecule has 3 heteroatoms. The van der Waals surface area contributed by atoms with Crippen molar-refractivity contribution < 1.29 is 4.79 Å². The van der Waals surface area contributed by atoms with E-state index >= 15 is 0 Å². The van der Waals surface area contributed by atoms with E-state index < -0.39 is 0 Å². The van der Waals surface area contributed by atoms with Crippen molar-refractivity contribution in [2.45, 2.75) is 32.7 Å². The molecule has 1 atom stereocenters. The van der Waals surface area contributed by atoms with Gasteiger partial charge in [-0.15, -0.1) is 0 Å². The predicted octanol–water partition coefficient (Wildman–Crippen LogP) is 1.99. The molecule has 2 rings (SSSR count). The van der Waals surface area contributed by atoms with Crippen molar-refractivity contribution in [1.82, 2.24) is 5.32 Å². The Kier molecular flexibility index (Phi) is 3.25. The second kappa shape index (κ2) is 4.66. The van der Waals surface area contributed by atoms with Crippen molar-refractivity contribution in [3.63, 3.8) is 0 Å². The molecule has 0 aliphatic carbocycles. The smallest absolute Gasteiger partial charge is 0.241 e. The zero-order valence-electron chi connectivity index (χ0n) is 9.84. The number of anilines is 1. The van der Waals surface area contributed by atoms with Crippen molar-refractivity contribution in [3.05, 3.63) is 29.3 Å². The molecule has 1 saturated heterocycles. The SMILES string of the molecule is Cc1cc(C)cc(NC(=O)[C@@H]2CCCN2)c1. The Hall–Kier alpha value is -1.35. The summed E-state index contributed by atoms with van der Waals surface area (Å²) in [6, 6.07) is 6.09. The average molecular weight is 218 g/mol. The van der Waals surface area contributed by atoms with E-state index in [0.29, 0.717) is 0 Å². The van der Waals surface area contributed by atoms with Gasteiger partial charge < -0.3 is 10.6 Å². The lowest BCUT2D eigenvalue weighted by Crippen LogP contribution is -2.35. The molecule has 0 aromatic heterocycles. The maximum Gasteiger partial charge on any atom is 0.241 e. The summed E-state index contributed by atoms with van der Waals surface area (Å²) in [5.74, 6) is 0.0856. The summed E-state index contributed by atoms with van der Waals surface area (Å²) in [7, 11) is 0. The van der Waals surface area contributed by atoms with Crippen LogP contribution in [-0.2, 0) is 4.79 Å². The van der Waals surface area contributed by atoms with Crippen LogP contribution < -0.4 is 10.6 Å². The van der Waals surface area contributed by atoms with E-state index in [-0.39, 0.29) is 11.9 Å². The fourth-order valence-electron chi connectivity index (χ4n) is 2.18. The first kappa shape index (κ1) is 11.1. The number of amides is 1. The zero-order chi connectivity index (χ0) is 11.5. The molecule has 3 nitrogen and oxygen atoms in total. The number of carbonyl (C=O) groups excluding carboxylic acids is 1. The minimum Gasteiger partial charge on any atom is -0.325 e. The first-order valence-electron chi connectivity index (χ1n) is 5.78. The number of rotatable bonds is 2. The first-order valence-corrected chi connectivity index (χ1v) is 5.78. The summed E-state index contributed by atoms with van der Waals surface area (Å²) < 4.78 is 0. The Labute approximate surface area is 96.2 Å². The van der Waals surface area contributed by atoms with Crippen LogP contribution in [0.15, 0.2) is 18.2 Å². The third kappa shape index (κ3) is 2.61. The average Bonchev–Trinajstić information content (AvgIpc) is 2.68. The van der Waals surface area contributed by atoms with Gasteiger partial charge in [0.2, 0.25) is 5.91 Å². The molecule has 1 fully saturated rings. The molecule has 1 amide bonds. The van der Waals surface area contributed by atoms with Gasteiger partial charge >= 0.3 is 0 Å². The molecular weight excluding hydrogens is 200 g/mol. The number of hydrogen-bond acceptors (Lipinski definition) is 2. The molecule has 0 spiro atoms. The van der Waals surface area contributed by atoms with Crippen LogP contribution >= 0.6 is 0 Å². The second-order valence-electron chi connectivity index (χ2n) is 4.51. The third-order valence-corrected chi connectivity index (χ3v) is 2.87. The number of nitrogens with one attached hydrogen (secondary N) is 2. The van der Waals surface area contributed by atoms with Gasteiger partial charge in [0.05, 0.1) is 6.04 Å². The lowest BCUT2D eigenvalue weighted by Gasteiger charge is -2.12. The van der Waals surface area contributed by atoms with Crippen LogP contribution in [0.3, 0.4) is 0 Å². The monoisotopic (exact) mass is 218 g/mol. The molecule has 16 heavy (non-hydrogen) atoms. The van der Waals surface area contributed by atoms with Crippen LogP contribution in [0.4, 0.5) is 5.69 Å². The fraction of sp³-hybridized carbons (Fsp3) is 0.462. The molecule has 1 aliphatic heterocycles. The molecule has 0 radical (unpaired) electrons. The van der Waals surface area contributed by atoms with E-state index in [2.05, 4.69) is 16.7 Å². The quantitative estimate of drug-likeness (QED) is 0.797.